The maximum absolute atomic E-state index is 12.6. The largest absolute Gasteiger partial charge is 0.415 e. The molecule has 2 aromatic rings. The van der Waals surface area contributed by atoms with Gasteiger partial charge in [-0.25, -0.2) is 0 Å². The number of nitrogens with zero attached hydrogens (tertiary/aromatic N) is 2. The van der Waals surface area contributed by atoms with Gasteiger partial charge in [0.2, 0.25) is 5.91 Å². The van der Waals surface area contributed by atoms with Crippen LogP contribution in [0, 0.1) is 13.8 Å². The molecule has 1 aliphatic rings. The highest BCUT2D eigenvalue weighted by Crippen LogP contribution is 2.36. The average Bonchev–Trinajstić information content (AvgIpc) is 3.09. The van der Waals surface area contributed by atoms with Gasteiger partial charge in [-0.15, -0.1) is 0 Å². The third-order valence-corrected chi connectivity index (χ3v) is 11.2. The van der Waals surface area contributed by atoms with Gasteiger partial charge in [-0.3, -0.25) is 14.3 Å². The zero-order valence-electron chi connectivity index (χ0n) is 20.8. The maximum Gasteiger partial charge on any atom is 0.253 e. The van der Waals surface area contributed by atoms with Crippen molar-refractivity contribution in [2.24, 2.45) is 0 Å². The normalized spacial score (nSPS) is 14.6. The molecule has 1 aromatic carbocycles. The molecule has 8 heteroatoms. The Morgan fingerprint density at radius 3 is 2.58 bits per heavy atom. The summed E-state index contributed by atoms with van der Waals surface area (Å²) >= 11 is 0. The lowest BCUT2D eigenvalue weighted by molar-refractivity contribution is -0.120. The second-order valence-electron chi connectivity index (χ2n) is 10.2. The molecule has 2 amide bonds. The number of carbonyl (C=O) groups is 2. The highest BCUT2D eigenvalue weighted by molar-refractivity contribution is 6.74. The Hall–Kier alpha value is -2.71. The number of amides is 2. The molecule has 0 spiro atoms. The Morgan fingerprint density at radius 2 is 1.94 bits per heavy atom. The van der Waals surface area contributed by atoms with E-state index in [1.165, 1.54) is 6.20 Å². The predicted octanol–water partition coefficient (Wildman–Crippen LogP) is 4.92. The molecule has 0 fully saturated rings. The van der Waals surface area contributed by atoms with Crippen LogP contribution in [-0.4, -0.2) is 36.5 Å². The minimum atomic E-state index is -1.79. The summed E-state index contributed by atoms with van der Waals surface area (Å²) in [5.41, 5.74) is 5.14. The molecule has 2 heterocycles. The van der Waals surface area contributed by atoms with Crippen LogP contribution < -0.4 is 10.6 Å². The van der Waals surface area contributed by atoms with Crippen molar-refractivity contribution in [3.63, 3.8) is 0 Å². The lowest BCUT2D eigenvalue weighted by atomic mass is 10.1. The van der Waals surface area contributed by atoms with E-state index in [4.69, 9.17) is 9.52 Å². The smallest absolute Gasteiger partial charge is 0.253 e. The molecule has 178 valence electrons. The van der Waals surface area contributed by atoms with Crippen LogP contribution in [0.25, 0.3) is 11.3 Å². The van der Waals surface area contributed by atoms with Gasteiger partial charge < -0.3 is 15.1 Å². The first-order valence-electron chi connectivity index (χ1n) is 11.5. The van der Waals surface area contributed by atoms with E-state index in [0.29, 0.717) is 31.6 Å². The van der Waals surface area contributed by atoms with Gasteiger partial charge in [0, 0.05) is 35.1 Å². The van der Waals surface area contributed by atoms with Crippen LogP contribution in [-0.2, 0) is 20.6 Å². The maximum atomic E-state index is 12.6. The van der Waals surface area contributed by atoms with Gasteiger partial charge in [0.1, 0.15) is 0 Å². The molecule has 0 aliphatic carbocycles. The Labute approximate surface area is 197 Å². The van der Waals surface area contributed by atoms with Gasteiger partial charge in [-0.1, -0.05) is 32.9 Å². The van der Waals surface area contributed by atoms with E-state index in [9.17, 15) is 9.59 Å². The van der Waals surface area contributed by atoms with Crippen LogP contribution in [0.2, 0.25) is 18.1 Å². The first kappa shape index (κ1) is 24.9. The predicted molar refractivity (Wildman–Crippen MR) is 134 cm³/mol. The van der Waals surface area contributed by atoms with Crippen molar-refractivity contribution in [3.8, 4) is 11.3 Å². The molecule has 0 radical (unpaired) electrons. The van der Waals surface area contributed by atoms with E-state index < -0.39 is 8.32 Å². The number of nitrogens with one attached hydrogen (secondary N) is 2. The monoisotopic (exact) mass is 468 g/mol. The SMILES string of the molecule is Cc1ccc(-c2cc(C)n(CCO[Si](C)(C)C(C)(C)C)n2)cc1NC(=O)C1=CNC(=O)CC1. The number of aryl methyl sites for hydroxylation is 2. The summed E-state index contributed by atoms with van der Waals surface area (Å²) in [6.45, 7) is 16.6. The molecule has 7 nitrogen and oxygen atoms in total. The molecule has 0 atom stereocenters. The minimum Gasteiger partial charge on any atom is -0.415 e. The average molecular weight is 469 g/mol. The molecule has 1 aromatic heterocycles. The van der Waals surface area contributed by atoms with Gasteiger partial charge in [-0.2, -0.15) is 5.10 Å². The quantitative estimate of drug-likeness (QED) is 0.565. The molecule has 33 heavy (non-hydrogen) atoms. The Morgan fingerprint density at radius 1 is 1.21 bits per heavy atom. The molecular weight excluding hydrogens is 432 g/mol. The summed E-state index contributed by atoms with van der Waals surface area (Å²) in [6, 6.07) is 8.01. The zero-order chi connectivity index (χ0) is 24.4. The van der Waals surface area contributed by atoms with Crippen molar-refractivity contribution in [3.05, 3.63) is 47.3 Å². The van der Waals surface area contributed by atoms with Crippen LogP contribution >= 0.6 is 0 Å². The van der Waals surface area contributed by atoms with Crippen LogP contribution in [0.15, 0.2) is 36.0 Å². The van der Waals surface area contributed by atoms with Crippen molar-refractivity contribution in [1.82, 2.24) is 15.1 Å². The van der Waals surface area contributed by atoms with Gasteiger partial charge in [0.05, 0.1) is 18.8 Å². The zero-order valence-corrected chi connectivity index (χ0v) is 21.8. The summed E-state index contributed by atoms with van der Waals surface area (Å²) in [4.78, 5) is 24.0. The highest BCUT2D eigenvalue weighted by atomic mass is 28.4. The molecular formula is C25H36N4O3Si. The summed E-state index contributed by atoms with van der Waals surface area (Å²) in [6.07, 6.45) is 2.27. The van der Waals surface area contributed by atoms with Crippen molar-refractivity contribution < 1.29 is 14.0 Å². The van der Waals surface area contributed by atoms with E-state index >= 15 is 0 Å². The number of hydrogen-bond acceptors (Lipinski definition) is 4. The number of aromatic nitrogens is 2. The Balaban J connectivity index is 1.71. The fraction of sp³-hybridized carbons (Fsp3) is 0.480. The lowest BCUT2D eigenvalue weighted by Gasteiger charge is -2.36. The molecule has 0 bridgehead atoms. The van der Waals surface area contributed by atoms with Crippen molar-refractivity contribution in [2.45, 2.75) is 72.1 Å². The fourth-order valence-corrected chi connectivity index (χ4v) is 4.37. The second-order valence-corrected chi connectivity index (χ2v) is 15.0. The van der Waals surface area contributed by atoms with Crippen molar-refractivity contribution >= 4 is 25.8 Å². The topological polar surface area (TPSA) is 85.2 Å². The molecule has 0 saturated carbocycles. The van der Waals surface area contributed by atoms with Crippen LogP contribution in [0.5, 0.6) is 0 Å². The third-order valence-electron chi connectivity index (χ3n) is 6.66. The molecule has 2 N–H and O–H groups in total. The molecule has 0 saturated heterocycles. The van der Waals surface area contributed by atoms with Gasteiger partial charge in [0.15, 0.2) is 8.32 Å². The minimum absolute atomic E-state index is 0.0644. The van der Waals surface area contributed by atoms with E-state index in [1.54, 1.807) is 0 Å². The van der Waals surface area contributed by atoms with Crippen LogP contribution in [0.1, 0.15) is 44.9 Å². The molecule has 1 aliphatic heterocycles. The Bertz CT molecular complexity index is 1080. The van der Waals surface area contributed by atoms with Crippen molar-refractivity contribution in [1.29, 1.82) is 0 Å². The molecule has 0 unspecified atom stereocenters. The molecule has 3 rings (SSSR count). The standard InChI is InChI=1S/C25H36N4O3Si/c1-17-8-9-19(15-21(17)27-24(31)20-10-11-23(30)26-16-20)22-14-18(2)29(28-22)12-13-32-33(6,7)25(3,4)5/h8-9,14-16H,10-13H2,1-7H3,(H,26,30)(H,27,31). The number of rotatable bonds is 7. The van der Waals surface area contributed by atoms with Gasteiger partial charge in [-0.05, 0) is 56.1 Å². The second kappa shape index (κ2) is 9.65. The summed E-state index contributed by atoms with van der Waals surface area (Å²) in [5, 5.41) is 10.6. The summed E-state index contributed by atoms with van der Waals surface area (Å²) in [5.74, 6) is -0.259. The van der Waals surface area contributed by atoms with Crippen LogP contribution in [0.4, 0.5) is 5.69 Å². The first-order chi connectivity index (χ1) is 15.4. The van der Waals surface area contributed by atoms with Gasteiger partial charge >= 0.3 is 0 Å². The fourth-order valence-electron chi connectivity index (χ4n) is 3.34. The van der Waals surface area contributed by atoms with E-state index in [2.05, 4.69) is 50.6 Å². The van der Waals surface area contributed by atoms with Crippen LogP contribution in [0.3, 0.4) is 0 Å². The number of benzene rings is 1. The summed E-state index contributed by atoms with van der Waals surface area (Å²) in [7, 11) is -1.79. The first-order valence-corrected chi connectivity index (χ1v) is 14.4. The summed E-state index contributed by atoms with van der Waals surface area (Å²) < 4.78 is 8.29. The van der Waals surface area contributed by atoms with E-state index in [0.717, 1.165) is 28.2 Å². The number of carbonyl (C=O) groups excluding carboxylic acids is 2. The van der Waals surface area contributed by atoms with Gasteiger partial charge in [0.25, 0.3) is 5.91 Å². The third kappa shape index (κ3) is 6.00. The number of anilines is 1. The lowest BCUT2D eigenvalue weighted by Crippen LogP contribution is -2.41. The highest BCUT2D eigenvalue weighted by Gasteiger charge is 2.36. The Kier molecular flexibility index (Phi) is 7.28. The number of hydrogen-bond donors (Lipinski definition) is 2. The van der Waals surface area contributed by atoms with E-state index in [-0.39, 0.29) is 16.9 Å². The van der Waals surface area contributed by atoms with E-state index in [1.807, 2.05) is 36.7 Å². The van der Waals surface area contributed by atoms with Crippen molar-refractivity contribution in [2.75, 3.05) is 11.9 Å².